The molecule has 1 N–H and O–H groups in total. The van der Waals surface area contributed by atoms with Gasteiger partial charge in [-0.05, 0) is 50.1 Å². The molecule has 1 atom stereocenters. The Morgan fingerprint density at radius 2 is 1.86 bits per heavy atom. The van der Waals surface area contributed by atoms with Crippen LogP contribution in [0.2, 0.25) is 5.02 Å². The van der Waals surface area contributed by atoms with Crippen LogP contribution in [0.1, 0.15) is 31.9 Å². The Balaban J connectivity index is 2.09. The van der Waals surface area contributed by atoms with Crippen LogP contribution in [0.15, 0.2) is 53.0 Å². The van der Waals surface area contributed by atoms with E-state index in [2.05, 4.69) is 21.2 Å². The molecule has 2 aromatic carbocycles. The molecule has 0 saturated carbocycles. The molecule has 7 heteroatoms. The van der Waals surface area contributed by atoms with Gasteiger partial charge in [-0.25, -0.2) is 0 Å². The maximum absolute atomic E-state index is 13.0. The fourth-order valence-electron chi connectivity index (χ4n) is 2.77. The van der Waals surface area contributed by atoms with Gasteiger partial charge in [0, 0.05) is 27.8 Å². The maximum atomic E-state index is 13.0. The molecule has 0 saturated heterocycles. The highest BCUT2D eigenvalue weighted by molar-refractivity contribution is 9.10. The lowest BCUT2D eigenvalue weighted by Crippen LogP contribution is -2.49. The lowest BCUT2D eigenvalue weighted by atomic mass is 10.1. The summed E-state index contributed by atoms with van der Waals surface area (Å²) in [4.78, 5) is 27.2. The van der Waals surface area contributed by atoms with Crippen LogP contribution in [0.5, 0.6) is 0 Å². The van der Waals surface area contributed by atoms with E-state index in [1.54, 1.807) is 11.8 Å². The first kappa shape index (κ1) is 23.8. The summed E-state index contributed by atoms with van der Waals surface area (Å²) in [5, 5.41) is 3.60. The average molecular weight is 498 g/mol. The number of nitrogens with one attached hydrogen (secondary N) is 1. The Morgan fingerprint density at radius 3 is 2.52 bits per heavy atom. The Bertz CT molecular complexity index is 847. The average Bonchev–Trinajstić information content (AvgIpc) is 2.66. The van der Waals surface area contributed by atoms with Gasteiger partial charge in [0.2, 0.25) is 11.8 Å². The van der Waals surface area contributed by atoms with Gasteiger partial charge in [0.1, 0.15) is 6.04 Å². The summed E-state index contributed by atoms with van der Waals surface area (Å²) < 4.78 is 0.940. The van der Waals surface area contributed by atoms with Gasteiger partial charge < -0.3 is 10.2 Å². The SMILES string of the molecule is CC(C)NC(=O)[C@@H](C)N(Cc1cccc(Br)c1)C(=O)CSCc1ccccc1Cl. The Hall–Kier alpha value is -1.50. The second-order valence-corrected chi connectivity index (χ2v) is 9.38. The van der Waals surface area contributed by atoms with E-state index in [0.717, 1.165) is 15.6 Å². The molecule has 0 aliphatic carbocycles. The Kier molecular flexibility index (Phi) is 9.53. The minimum atomic E-state index is -0.565. The number of carbonyl (C=O) groups excluding carboxylic acids is 2. The third-order valence-corrected chi connectivity index (χ3v) is 6.11. The standard InChI is InChI=1S/C22H26BrClN2O2S/c1-15(2)25-22(28)16(3)26(12-17-7-6-9-19(23)11-17)21(27)14-29-13-18-8-4-5-10-20(18)24/h4-11,15-16H,12-14H2,1-3H3,(H,25,28)/t16-/m1/s1. The largest absolute Gasteiger partial charge is 0.352 e. The van der Waals surface area contributed by atoms with Crippen molar-refractivity contribution in [2.45, 2.75) is 45.2 Å². The van der Waals surface area contributed by atoms with Crippen molar-refractivity contribution in [3.8, 4) is 0 Å². The fraction of sp³-hybridized carbons (Fsp3) is 0.364. The van der Waals surface area contributed by atoms with Crippen LogP contribution >= 0.6 is 39.3 Å². The summed E-state index contributed by atoms with van der Waals surface area (Å²) in [7, 11) is 0. The third-order valence-electron chi connectivity index (χ3n) is 4.28. The van der Waals surface area contributed by atoms with Crippen LogP contribution < -0.4 is 5.32 Å². The van der Waals surface area contributed by atoms with Crippen LogP contribution in [-0.4, -0.2) is 34.6 Å². The summed E-state index contributed by atoms with van der Waals surface area (Å²) in [6, 6.07) is 14.8. The molecule has 156 valence electrons. The van der Waals surface area contributed by atoms with Gasteiger partial charge >= 0.3 is 0 Å². The predicted octanol–water partition coefficient (Wildman–Crippen LogP) is 5.28. The molecule has 4 nitrogen and oxygen atoms in total. The fourth-order valence-corrected chi connectivity index (χ4v) is 4.41. The summed E-state index contributed by atoms with van der Waals surface area (Å²) in [6.45, 7) is 5.96. The zero-order valence-corrected chi connectivity index (χ0v) is 20.0. The monoisotopic (exact) mass is 496 g/mol. The highest BCUT2D eigenvalue weighted by atomic mass is 79.9. The summed E-state index contributed by atoms with van der Waals surface area (Å²) >= 11 is 11.2. The van der Waals surface area contributed by atoms with Gasteiger partial charge in [-0.2, -0.15) is 0 Å². The first-order chi connectivity index (χ1) is 13.8. The maximum Gasteiger partial charge on any atom is 0.242 e. The van der Waals surface area contributed by atoms with E-state index in [9.17, 15) is 9.59 Å². The Morgan fingerprint density at radius 1 is 1.14 bits per heavy atom. The van der Waals surface area contributed by atoms with Crippen LogP contribution in [0.3, 0.4) is 0 Å². The molecular weight excluding hydrogens is 472 g/mol. The molecule has 0 heterocycles. The van der Waals surface area contributed by atoms with Crippen molar-refractivity contribution in [1.82, 2.24) is 10.2 Å². The minimum Gasteiger partial charge on any atom is -0.352 e. The van der Waals surface area contributed by atoms with E-state index in [0.29, 0.717) is 17.3 Å². The molecule has 0 bridgehead atoms. The van der Waals surface area contributed by atoms with Crippen LogP contribution in [0.4, 0.5) is 0 Å². The smallest absolute Gasteiger partial charge is 0.242 e. The molecular formula is C22H26BrClN2O2S. The van der Waals surface area contributed by atoms with Crippen molar-refractivity contribution >= 4 is 51.1 Å². The lowest BCUT2D eigenvalue weighted by molar-refractivity contribution is -0.138. The minimum absolute atomic E-state index is 0.0161. The number of hydrogen-bond donors (Lipinski definition) is 1. The molecule has 0 aliphatic rings. The van der Waals surface area contributed by atoms with Gasteiger partial charge in [0.25, 0.3) is 0 Å². The second-order valence-electron chi connectivity index (χ2n) is 7.08. The van der Waals surface area contributed by atoms with Gasteiger partial charge in [0.15, 0.2) is 0 Å². The molecule has 0 unspecified atom stereocenters. The first-order valence-corrected chi connectivity index (χ1v) is 11.8. The number of benzene rings is 2. The van der Waals surface area contributed by atoms with E-state index >= 15 is 0 Å². The molecule has 0 fully saturated rings. The van der Waals surface area contributed by atoms with E-state index < -0.39 is 6.04 Å². The number of nitrogens with zero attached hydrogens (tertiary/aromatic N) is 1. The van der Waals surface area contributed by atoms with Crippen LogP contribution in [0.25, 0.3) is 0 Å². The lowest BCUT2D eigenvalue weighted by Gasteiger charge is -2.29. The van der Waals surface area contributed by atoms with Gasteiger partial charge in [-0.1, -0.05) is 57.9 Å². The van der Waals surface area contributed by atoms with Crippen molar-refractivity contribution in [3.63, 3.8) is 0 Å². The van der Waals surface area contributed by atoms with Crippen molar-refractivity contribution in [1.29, 1.82) is 0 Å². The second kappa shape index (κ2) is 11.6. The summed E-state index contributed by atoms with van der Waals surface area (Å²) in [5.74, 6) is 0.689. The molecule has 0 spiro atoms. The van der Waals surface area contributed by atoms with Gasteiger partial charge in [-0.15, -0.1) is 11.8 Å². The van der Waals surface area contributed by atoms with Crippen molar-refractivity contribution in [2.75, 3.05) is 5.75 Å². The van der Waals surface area contributed by atoms with Crippen LogP contribution in [0, 0.1) is 0 Å². The number of amides is 2. The van der Waals surface area contributed by atoms with Crippen molar-refractivity contribution < 1.29 is 9.59 Å². The topological polar surface area (TPSA) is 49.4 Å². The van der Waals surface area contributed by atoms with Crippen LogP contribution in [-0.2, 0) is 21.9 Å². The molecule has 0 aromatic heterocycles. The summed E-state index contributed by atoms with van der Waals surface area (Å²) in [6.07, 6.45) is 0. The number of carbonyl (C=O) groups is 2. The number of rotatable bonds is 9. The molecule has 2 aromatic rings. The van der Waals surface area contributed by atoms with E-state index in [-0.39, 0.29) is 23.6 Å². The number of halogens is 2. The van der Waals surface area contributed by atoms with E-state index in [1.807, 2.05) is 62.4 Å². The van der Waals surface area contributed by atoms with Crippen molar-refractivity contribution in [2.24, 2.45) is 0 Å². The third kappa shape index (κ3) is 7.68. The molecule has 0 radical (unpaired) electrons. The summed E-state index contributed by atoms with van der Waals surface area (Å²) in [5.41, 5.74) is 1.96. The zero-order chi connectivity index (χ0) is 21.4. The number of thioether (sulfide) groups is 1. The molecule has 2 rings (SSSR count). The molecule has 2 amide bonds. The quantitative estimate of drug-likeness (QED) is 0.513. The highest BCUT2D eigenvalue weighted by Crippen LogP contribution is 2.22. The normalized spacial score (nSPS) is 11.9. The van der Waals surface area contributed by atoms with Gasteiger partial charge in [-0.3, -0.25) is 9.59 Å². The van der Waals surface area contributed by atoms with E-state index in [1.165, 1.54) is 11.8 Å². The van der Waals surface area contributed by atoms with Crippen molar-refractivity contribution in [3.05, 3.63) is 69.2 Å². The number of hydrogen-bond acceptors (Lipinski definition) is 3. The first-order valence-electron chi connectivity index (χ1n) is 9.43. The molecule has 0 aliphatic heterocycles. The van der Waals surface area contributed by atoms with Gasteiger partial charge in [0.05, 0.1) is 5.75 Å². The Labute approximate surface area is 190 Å². The highest BCUT2D eigenvalue weighted by Gasteiger charge is 2.26. The molecule has 29 heavy (non-hydrogen) atoms. The zero-order valence-electron chi connectivity index (χ0n) is 16.8. The predicted molar refractivity (Wildman–Crippen MR) is 125 cm³/mol. The van der Waals surface area contributed by atoms with E-state index in [4.69, 9.17) is 11.6 Å².